The van der Waals surface area contributed by atoms with Crippen LogP contribution in [0.2, 0.25) is 0 Å². The van der Waals surface area contributed by atoms with Gasteiger partial charge >= 0.3 is 0 Å². The maximum absolute atomic E-state index is 12.1. The predicted octanol–water partition coefficient (Wildman–Crippen LogP) is 0.963. The van der Waals surface area contributed by atoms with Crippen LogP contribution in [0.3, 0.4) is 0 Å². The molecule has 0 aromatic carbocycles. The van der Waals surface area contributed by atoms with Gasteiger partial charge in [-0.3, -0.25) is 14.4 Å². The van der Waals surface area contributed by atoms with Crippen molar-refractivity contribution < 1.29 is 9.53 Å². The third kappa shape index (κ3) is 3.80. The number of nitrogens with zero attached hydrogens (tertiary/aromatic N) is 3. The summed E-state index contributed by atoms with van der Waals surface area (Å²) >= 11 is 3.40. The van der Waals surface area contributed by atoms with Crippen molar-refractivity contribution in [2.24, 2.45) is 0 Å². The number of halogens is 1. The minimum absolute atomic E-state index is 0.00282. The fourth-order valence-electron chi connectivity index (χ4n) is 2.21. The molecule has 0 aliphatic carbocycles. The zero-order valence-electron chi connectivity index (χ0n) is 11.9. The summed E-state index contributed by atoms with van der Waals surface area (Å²) < 4.78 is 7.95. The highest BCUT2D eigenvalue weighted by Crippen LogP contribution is 2.18. The van der Waals surface area contributed by atoms with Crippen LogP contribution < -0.4 is 5.32 Å². The topological polar surface area (TPSA) is 59.4 Å². The summed E-state index contributed by atoms with van der Waals surface area (Å²) in [5.74, 6) is -0.00282. The number of morpholine rings is 1. The van der Waals surface area contributed by atoms with Crippen LogP contribution in [0.25, 0.3) is 0 Å². The summed E-state index contributed by atoms with van der Waals surface area (Å²) in [7, 11) is 0. The first kappa shape index (κ1) is 15.5. The van der Waals surface area contributed by atoms with Crippen LogP contribution in [0.5, 0.6) is 0 Å². The first-order chi connectivity index (χ1) is 9.59. The lowest BCUT2D eigenvalue weighted by atomic mass is 10.3. The van der Waals surface area contributed by atoms with E-state index in [4.69, 9.17) is 4.74 Å². The minimum atomic E-state index is -0.300. The molecule has 0 radical (unpaired) electrons. The van der Waals surface area contributed by atoms with Crippen LogP contribution >= 0.6 is 15.9 Å². The van der Waals surface area contributed by atoms with Crippen molar-refractivity contribution in [3.05, 3.63) is 16.4 Å². The molecule has 1 amide bonds. The highest BCUT2D eigenvalue weighted by atomic mass is 79.9. The van der Waals surface area contributed by atoms with Crippen molar-refractivity contribution in [1.29, 1.82) is 0 Å². The van der Waals surface area contributed by atoms with Crippen molar-refractivity contribution in [3.8, 4) is 0 Å². The van der Waals surface area contributed by atoms with E-state index in [-0.39, 0.29) is 11.9 Å². The molecule has 0 bridgehead atoms. The summed E-state index contributed by atoms with van der Waals surface area (Å²) in [5, 5.41) is 7.18. The quantitative estimate of drug-likeness (QED) is 0.864. The Balaban J connectivity index is 1.78. The second-order valence-corrected chi connectivity index (χ2v) is 5.80. The smallest absolute Gasteiger partial charge is 0.244 e. The van der Waals surface area contributed by atoms with Gasteiger partial charge in [0.05, 0.1) is 29.6 Å². The second kappa shape index (κ2) is 7.19. The predicted molar refractivity (Wildman–Crippen MR) is 79.6 cm³/mol. The van der Waals surface area contributed by atoms with Crippen molar-refractivity contribution in [3.63, 3.8) is 0 Å². The van der Waals surface area contributed by atoms with Gasteiger partial charge in [0.25, 0.3) is 0 Å². The molecule has 1 aromatic rings. The van der Waals surface area contributed by atoms with E-state index in [9.17, 15) is 4.79 Å². The lowest BCUT2D eigenvalue weighted by molar-refractivity contribution is -0.124. The van der Waals surface area contributed by atoms with Gasteiger partial charge in [-0.25, -0.2) is 0 Å². The van der Waals surface area contributed by atoms with Crippen LogP contribution in [0.1, 0.15) is 18.7 Å². The third-order valence-corrected chi connectivity index (χ3v) is 4.34. The monoisotopic (exact) mass is 344 g/mol. The van der Waals surface area contributed by atoms with Crippen LogP contribution in [0.15, 0.2) is 10.7 Å². The van der Waals surface area contributed by atoms with E-state index in [1.165, 1.54) is 0 Å². The zero-order chi connectivity index (χ0) is 14.5. The summed E-state index contributed by atoms with van der Waals surface area (Å²) in [6, 6.07) is -0.300. The molecular weight excluding hydrogens is 324 g/mol. The van der Waals surface area contributed by atoms with Gasteiger partial charge in [0.1, 0.15) is 6.04 Å². The van der Waals surface area contributed by atoms with Gasteiger partial charge in [0.15, 0.2) is 0 Å². The lowest BCUT2D eigenvalue weighted by Crippen LogP contribution is -2.42. The van der Waals surface area contributed by atoms with Gasteiger partial charge < -0.3 is 10.1 Å². The second-order valence-electron chi connectivity index (χ2n) is 4.94. The molecule has 0 spiro atoms. The number of carbonyl (C=O) groups is 1. The van der Waals surface area contributed by atoms with Crippen LogP contribution in [0, 0.1) is 6.92 Å². The third-order valence-electron chi connectivity index (χ3n) is 3.56. The van der Waals surface area contributed by atoms with Crippen LogP contribution in [-0.2, 0) is 9.53 Å². The largest absolute Gasteiger partial charge is 0.379 e. The van der Waals surface area contributed by atoms with Crippen LogP contribution in [-0.4, -0.2) is 60.0 Å². The molecule has 1 atom stereocenters. The molecule has 1 fully saturated rings. The summed E-state index contributed by atoms with van der Waals surface area (Å²) in [6.45, 7) is 8.77. The van der Waals surface area contributed by atoms with E-state index >= 15 is 0 Å². The Morgan fingerprint density at radius 3 is 2.85 bits per heavy atom. The molecular formula is C13H21BrN4O2. The van der Waals surface area contributed by atoms with E-state index in [0.717, 1.165) is 43.0 Å². The molecule has 2 rings (SSSR count). The Kier molecular flexibility index (Phi) is 5.56. The molecule has 6 nitrogen and oxygen atoms in total. The number of hydrogen-bond acceptors (Lipinski definition) is 4. The first-order valence-electron chi connectivity index (χ1n) is 6.87. The van der Waals surface area contributed by atoms with Crippen molar-refractivity contribution in [2.75, 3.05) is 39.4 Å². The maximum atomic E-state index is 12.1. The lowest BCUT2D eigenvalue weighted by Gasteiger charge is -2.26. The van der Waals surface area contributed by atoms with E-state index in [1.807, 2.05) is 13.8 Å². The van der Waals surface area contributed by atoms with Gasteiger partial charge in [-0.15, -0.1) is 0 Å². The minimum Gasteiger partial charge on any atom is -0.379 e. The van der Waals surface area contributed by atoms with E-state index < -0.39 is 0 Å². The Morgan fingerprint density at radius 1 is 1.55 bits per heavy atom. The SMILES string of the molecule is Cc1c(Br)cnn1C(C)C(=O)NCCN1CCOCC1. The van der Waals surface area contributed by atoms with Gasteiger partial charge in [0.2, 0.25) is 5.91 Å². The van der Waals surface area contributed by atoms with E-state index in [0.29, 0.717) is 6.54 Å². The molecule has 112 valence electrons. The number of carbonyl (C=O) groups excluding carboxylic acids is 1. The van der Waals surface area contributed by atoms with Gasteiger partial charge in [-0.05, 0) is 29.8 Å². The number of rotatable bonds is 5. The highest BCUT2D eigenvalue weighted by molar-refractivity contribution is 9.10. The molecule has 1 aromatic heterocycles. The highest BCUT2D eigenvalue weighted by Gasteiger charge is 2.18. The Hall–Kier alpha value is -0.920. The number of hydrogen-bond donors (Lipinski definition) is 1. The molecule has 2 heterocycles. The average Bonchev–Trinajstić information content (AvgIpc) is 2.79. The fourth-order valence-corrected chi connectivity index (χ4v) is 2.49. The Bertz CT molecular complexity index is 457. The summed E-state index contributed by atoms with van der Waals surface area (Å²) in [4.78, 5) is 14.4. The zero-order valence-corrected chi connectivity index (χ0v) is 13.5. The van der Waals surface area contributed by atoms with Gasteiger partial charge in [-0.2, -0.15) is 5.10 Å². The van der Waals surface area contributed by atoms with Crippen molar-refractivity contribution in [1.82, 2.24) is 20.0 Å². The Morgan fingerprint density at radius 2 is 2.25 bits per heavy atom. The van der Waals surface area contributed by atoms with E-state index in [1.54, 1.807) is 10.9 Å². The first-order valence-corrected chi connectivity index (χ1v) is 7.66. The summed E-state index contributed by atoms with van der Waals surface area (Å²) in [6.07, 6.45) is 1.72. The average molecular weight is 345 g/mol. The van der Waals surface area contributed by atoms with Crippen molar-refractivity contribution >= 4 is 21.8 Å². The number of aromatic nitrogens is 2. The Labute approximate surface area is 127 Å². The van der Waals surface area contributed by atoms with Crippen LogP contribution in [0.4, 0.5) is 0 Å². The molecule has 7 heteroatoms. The van der Waals surface area contributed by atoms with Gasteiger partial charge in [0, 0.05) is 26.2 Å². The normalized spacial score (nSPS) is 17.9. The maximum Gasteiger partial charge on any atom is 0.244 e. The standard InChI is InChI=1S/C13H21BrN4O2/c1-10-12(14)9-16-18(10)11(2)13(19)15-3-4-17-5-7-20-8-6-17/h9,11H,3-8H2,1-2H3,(H,15,19). The molecule has 1 aliphatic heterocycles. The molecule has 1 saturated heterocycles. The van der Waals surface area contributed by atoms with E-state index in [2.05, 4.69) is 31.2 Å². The summed E-state index contributed by atoms with van der Waals surface area (Å²) in [5.41, 5.74) is 0.959. The number of ether oxygens (including phenoxy) is 1. The molecule has 1 unspecified atom stereocenters. The molecule has 20 heavy (non-hydrogen) atoms. The molecule has 1 aliphatic rings. The number of nitrogens with one attached hydrogen (secondary N) is 1. The molecule has 0 saturated carbocycles. The number of amides is 1. The van der Waals surface area contributed by atoms with Crippen molar-refractivity contribution in [2.45, 2.75) is 19.9 Å². The molecule has 1 N–H and O–H groups in total. The fraction of sp³-hybridized carbons (Fsp3) is 0.692. The van der Waals surface area contributed by atoms with Gasteiger partial charge in [-0.1, -0.05) is 0 Å².